The standard InChI is InChI=1S/C11H23NO2/c1-8(10-5-6-10)7-12-9(2)11(13-3)14-4/h8-12H,5-7H2,1-4H3. The Bertz CT molecular complexity index is 155. The van der Waals surface area contributed by atoms with E-state index in [2.05, 4.69) is 19.2 Å². The van der Waals surface area contributed by atoms with Crippen LogP contribution in [0.2, 0.25) is 0 Å². The summed E-state index contributed by atoms with van der Waals surface area (Å²) in [7, 11) is 3.35. The summed E-state index contributed by atoms with van der Waals surface area (Å²) in [6, 6.07) is 0.256. The van der Waals surface area contributed by atoms with Gasteiger partial charge in [-0.25, -0.2) is 0 Å². The van der Waals surface area contributed by atoms with Gasteiger partial charge in [-0.3, -0.25) is 0 Å². The van der Waals surface area contributed by atoms with Crippen molar-refractivity contribution < 1.29 is 9.47 Å². The second-order valence-electron chi connectivity index (χ2n) is 4.35. The zero-order chi connectivity index (χ0) is 10.6. The van der Waals surface area contributed by atoms with Gasteiger partial charge in [0.15, 0.2) is 6.29 Å². The van der Waals surface area contributed by atoms with Crippen LogP contribution in [0.25, 0.3) is 0 Å². The molecule has 2 unspecified atom stereocenters. The highest BCUT2D eigenvalue weighted by Crippen LogP contribution is 2.36. The summed E-state index contributed by atoms with van der Waals surface area (Å²) in [5, 5.41) is 3.46. The lowest BCUT2D eigenvalue weighted by Gasteiger charge is -2.23. The number of nitrogens with one attached hydrogen (secondary N) is 1. The SMILES string of the molecule is COC(OC)C(C)NCC(C)C1CC1. The average molecular weight is 201 g/mol. The van der Waals surface area contributed by atoms with Crippen LogP contribution in [0.5, 0.6) is 0 Å². The predicted molar refractivity (Wildman–Crippen MR) is 57.2 cm³/mol. The molecule has 3 nitrogen and oxygen atoms in total. The van der Waals surface area contributed by atoms with E-state index in [1.165, 1.54) is 12.8 Å². The van der Waals surface area contributed by atoms with Crippen LogP contribution in [0, 0.1) is 11.8 Å². The van der Waals surface area contributed by atoms with Crippen LogP contribution in [0.3, 0.4) is 0 Å². The van der Waals surface area contributed by atoms with Crippen LogP contribution in [0.1, 0.15) is 26.7 Å². The second kappa shape index (κ2) is 5.69. The predicted octanol–water partition coefficient (Wildman–Crippen LogP) is 1.63. The molecule has 0 aliphatic heterocycles. The maximum absolute atomic E-state index is 5.18. The molecule has 0 spiro atoms. The molecule has 0 saturated heterocycles. The Kier molecular flexibility index (Phi) is 4.85. The van der Waals surface area contributed by atoms with Gasteiger partial charge in [-0.1, -0.05) is 6.92 Å². The second-order valence-corrected chi connectivity index (χ2v) is 4.35. The lowest BCUT2D eigenvalue weighted by Crippen LogP contribution is -2.41. The van der Waals surface area contributed by atoms with Gasteiger partial charge in [0.2, 0.25) is 0 Å². The van der Waals surface area contributed by atoms with Gasteiger partial charge in [0.1, 0.15) is 0 Å². The molecule has 0 amide bonds. The lowest BCUT2D eigenvalue weighted by molar-refractivity contribution is -0.119. The first-order valence-corrected chi connectivity index (χ1v) is 5.48. The highest BCUT2D eigenvalue weighted by Gasteiger charge is 2.28. The fraction of sp³-hybridized carbons (Fsp3) is 1.00. The highest BCUT2D eigenvalue weighted by molar-refractivity contribution is 4.80. The van der Waals surface area contributed by atoms with Crippen molar-refractivity contribution in [2.24, 2.45) is 11.8 Å². The van der Waals surface area contributed by atoms with Crippen LogP contribution in [0.15, 0.2) is 0 Å². The van der Waals surface area contributed by atoms with Crippen molar-refractivity contribution in [2.45, 2.75) is 39.0 Å². The topological polar surface area (TPSA) is 30.5 Å². The minimum atomic E-state index is -0.138. The maximum atomic E-state index is 5.18. The Morgan fingerprint density at radius 3 is 2.21 bits per heavy atom. The normalized spacial score (nSPS) is 21.2. The van der Waals surface area contributed by atoms with E-state index in [0.29, 0.717) is 0 Å². The van der Waals surface area contributed by atoms with E-state index in [4.69, 9.17) is 9.47 Å². The van der Waals surface area contributed by atoms with Crippen LogP contribution >= 0.6 is 0 Å². The van der Waals surface area contributed by atoms with Crippen molar-refractivity contribution in [1.29, 1.82) is 0 Å². The summed E-state index contributed by atoms with van der Waals surface area (Å²) in [6.45, 7) is 5.47. The Morgan fingerprint density at radius 2 is 1.79 bits per heavy atom. The largest absolute Gasteiger partial charge is 0.354 e. The van der Waals surface area contributed by atoms with E-state index in [1.807, 2.05) is 0 Å². The van der Waals surface area contributed by atoms with Gasteiger partial charge >= 0.3 is 0 Å². The number of hydrogen-bond donors (Lipinski definition) is 1. The molecule has 0 bridgehead atoms. The molecule has 1 fully saturated rings. The fourth-order valence-corrected chi connectivity index (χ4v) is 1.80. The Morgan fingerprint density at radius 1 is 1.21 bits per heavy atom. The molecular weight excluding hydrogens is 178 g/mol. The molecule has 1 aliphatic carbocycles. The quantitative estimate of drug-likeness (QED) is 0.635. The van der Waals surface area contributed by atoms with E-state index in [-0.39, 0.29) is 12.3 Å². The monoisotopic (exact) mass is 201 g/mol. The van der Waals surface area contributed by atoms with Gasteiger partial charge in [0, 0.05) is 14.2 Å². The first kappa shape index (κ1) is 12.0. The molecular formula is C11H23NO2. The summed E-state index contributed by atoms with van der Waals surface area (Å²) in [5.74, 6) is 1.74. The van der Waals surface area contributed by atoms with Crippen molar-refractivity contribution >= 4 is 0 Å². The van der Waals surface area contributed by atoms with Gasteiger partial charge in [0.25, 0.3) is 0 Å². The molecule has 1 rings (SSSR count). The summed E-state index contributed by atoms with van der Waals surface area (Å²) >= 11 is 0. The van der Waals surface area contributed by atoms with E-state index >= 15 is 0 Å². The molecule has 1 aliphatic rings. The van der Waals surface area contributed by atoms with E-state index in [9.17, 15) is 0 Å². The van der Waals surface area contributed by atoms with Crippen molar-refractivity contribution in [3.8, 4) is 0 Å². The smallest absolute Gasteiger partial charge is 0.171 e. The summed E-state index contributed by atoms with van der Waals surface area (Å²) in [4.78, 5) is 0. The molecule has 1 saturated carbocycles. The number of methoxy groups -OCH3 is 2. The lowest BCUT2D eigenvalue weighted by atomic mass is 10.1. The van der Waals surface area contributed by atoms with E-state index in [0.717, 1.165) is 18.4 Å². The van der Waals surface area contributed by atoms with Gasteiger partial charge < -0.3 is 14.8 Å². The van der Waals surface area contributed by atoms with Gasteiger partial charge in [-0.05, 0) is 38.1 Å². The zero-order valence-electron chi connectivity index (χ0n) is 9.75. The van der Waals surface area contributed by atoms with Crippen LogP contribution in [-0.2, 0) is 9.47 Å². The van der Waals surface area contributed by atoms with Crippen LogP contribution in [-0.4, -0.2) is 33.1 Å². The molecule has 0 aromatic carbocycles. The van der Waals surface area contributed by atoms with Crippen molar-refractivity contribution in [1.82, 2.24) is 5.32 Å². The van der Waals surface area contributed by atoms with E-state index in [1.54, 1.807) is 14.2 Å². The molecule has 0 radical (unpaired) electrons. The molecule has 0 aromatic heterocycles. The highest BCUT2D eigenvalue weighted by atomic mass is 16.7. The molecule has 14 heavy (non-hydrogen) atoms. The Labute approximate surface area is 87.2 Å². The van der Waals surface area contributed by atoms with E-state index < -0.39 is 0 Å². The van der Waals surface area contributed by atoms with Gasteiger partial charge in [-0.2, -0.15) is 0 Å². The van der Waals surface area contributed by atoms with Crippen LogP contribution in [0.4, 0.5) is 0 Å². The Hall–Kier alpha value is -0.120. The Balaban J connectivity index is 2.14. The van der Waals surface area contributed by atoms with Crippen molar-refractivity contribution in [2.75, 3.05) is 20.8 Å². The number of ether oxygens (including phenoxy) is 2. The third kappa shape index (κ3) is 3.56. The summed E-state index contributed by atoms with van der Waals surface area (Å²) in [6.07, 6.45) is 2.69. The molecule has 1 N–H and O–H groups in total. The maximum Gasteiger partial charge on any atom is 0.171 e. The third-order valence-corrected chi connectivity index (χ3v) is 3.06. The minimum Gasteiger partial charge on any atom is -0.354 e. The van der Waals surface area contributed by atoms with Crippen LogP contribution < -0.4 is 5.32 Å². The number of hydrogen-bond acceptors (Lipinski definition) is 3. The van der Waals surface area contributed by atoms with Crippen molar-refractivity contribution in [3.05, 3.63) is 0 Å². The molecule has 84 valence electrons. The first-order valence-electron chi connectivity index (χ1n) is 5.48. The third-order valence-electron chi connectivity index (χ3n) is 3.06. The van der Waals surface area contributed by atoms with Crippen molar-refractivity contribution in [3.63, 3.8) is 0 Å². The molecule has 0 heterocycles. The molecule has 0 aromatic rings. The number of rotatable bonds is 7. The van der Waals surface area contributed by atoms with Gasteiger partial charge in [-0.15, -0.1) is 0 Å². The molecule has 2 atom stereocenters. The summed E-state index contributed by atoms with van der Waals surface area (Å²) in [5.41, 5.74) is 0. The summed E-state index contributed by atoms with van der Waals surface area (Å²) < 4.78 is 10.4. The first-order chi connectivity index (χ1) is 6.69. The zero-order valence-corrected chi connectivity index (χ0v) is 9.75. The van der Waals surface area contributed by atoms with Gasteiger partial charge in [0.05, 0.1) is 6.04 Å². The average Bonchev–Trinajstić information content (AvgIpc) is 2.99. The fourth-order valence-electron chi connectivity index (χ4n) is 1.80. The minimum absolute atomic E-state index is 0.138. The molecule has 3 heteroatoms.